The Kier molecular flexibility index (Phi) is 1.26. The standard InChI is InChI=1S/C10H11/c1-8-6-9-4-2-3-5-10(9)7-8/h2-5,8H,1,6-7H2. The van der Waals surface area contributed by atoms with E-state index in [1.807, 2.05) is 0 Å². The average Bonchev–Trinajstić information content (AvgIpc) is 2.27. The van der Waals surface area contributed by atoms with Gasteiger partial charge in [-0.25, -0.2) is 0 Å². The molecular formula is C10H11. The predicted octanol–water partition coefficient (Wildman–Crippen LogP) is 2.24. The van der Waals surface area contributed by atoms with Crippen molar-refractivity contribution in [2.75, 3.05) is 0 Å². The fourth-order valence-electron chi connectivity index (χ4n) is 1.65. The Morgan fingerprint density at radius 2 is 1.60 bits per heavy atom. The zero-order chi connectivity index (χ0) is 6.97. The highest BCUT2D eigenvalue weighted by atomic mass is 14.2. The van der Waals surface area contributed by atoms with Crippen molar-refractivity contribution in [3.63, 3.8) is 0 Å². The van der Waals surface area contributed by atoms with Gasteiger partial charge >= 0.3 is 0 Å². The second-order valence-corrected chi connectivity index (χ2v) is 3.04. The fourth-order valence-corrected chi connectivity index (χ4v) is 1.65. The van der Waals surface area contributed by atoms with E-state index in [1.54, 1.807) is 0 Å². The van der Waals surface area contributed by atoms with Crippen LogP contribution in [0.1, 0.15) is 11.1 Å². The maximum absolute atomic E-state index is 4.05. The Morgan fingerprint density at radius 3 is 2.10 bits per heavy atom. The lowest BCUT2D eigenvalue weighted by Gasteiger charge is -1.93. The van der Waals surface area contributed by atoms with E-state index in [2.05, 4.69) is 31.2 Å². The lowest BCUT2D eigenvalue weighted by Crippen LogP contribution is -1.89. The van der Waals surface area contributed by atoms with E-state index in [9.17, 15) is 0 Å². The van der Waals surface area contributed by atoms with Crippen LogP contribution in [-0.4, -0.2) is 0 Å². The molecule has 0 amide bonds. The molecule has 0 bridgehead atoms. The van der Waals surface area contributed by atoms with Crippen molar-refractivity contribution in [2.24, 2.45) is 5.92 Å². The number of hydrogen-bond donors (Lipinski definition) is 0. The van der Waals surface area contributed by atoms with E-state index in [0.29, 0.717) is 5.92 Å². The van der Waals surface area contributed by atoms with Crippen LogP contribution >= 0.6 is 0 Å². The van der Waals surface area contributed by atoms with Gasteiger partial charge in [0, 0.05) is 0 Å². The van der Waals surface area contributed by atoms with E-state index in [0.717, 1.165) is 0 Å². The summed E-state index contributed by atoms with van der Waals surface area (Å²) in [5.74, 6) is 0.623. The van der Waals surface area contributed by atoms with Crippen LogP contribution in [0.15, 0.2) is 24.3 Å². The summed E-state index contributed by atoms with van der Waals surface area (Å²) in [6.45, 7) is 4.05. The van der Waals surface area contributed by atoms with Gasteiger partial charge in [-0.15, -0.1) is 0 Å². The molecule has 0 spiro atoms. The Hall–Kier alpha value is -0.780. The molecule has 0 heterocycles. The topological polar surface area (TPSA) is 0 Å². The second-order valence-electron chi connectivity index (χ2n) is 3.04. The van der Waals surface area contributed by atoms with Crippen LogP contribution in [0.2, 0.25) is 0 Å². The first-order valence-electron chi connectivity index (χ1n) is 3.76. The molecule has 1 radical (unpaired) electrons. The Morgan fingerprint density at radius 1 is 1.10 bits per heavy atom. The molecule has 0 saturated heterocycles. The van der Waals surface area contributed by atoms with Crippen molar-refractivity contribution < 1.29 is 0 Å². The molecular weight excluding hydrogens is 120 g/mol. The largest absolute Gasteiger partial charge is 0.0620 e. The SMILES string of the molecule is [CH2]C1Cc2ccccc2C1. The van der Waals surface area contributed by atoms with Gasteiger partial charge in [0.1, 0.15) is 0 Å². The highest BCUT2D eigenvalue weighted by Crippen LogP contribution is 2.24. The molecule has 0 N–H and O–H groups in total. The zero-order valence-electron chi connectivity index (χ0n) is 6.01. The molecule has 10 heavy (non-hydrogen) atoms. The monoisotopic (exact) mass is 131 g/mol. The maximum atomic E-state index is 4.05. The van der Waals surface area contributed by atoms with Crippen LogP contribution in [0.5, 0.6) is 0 Å². The number of rotatable bonds is 0. The van der Waals surface area contributed by atoms with Gasteiger partial charge in [0.2, 0.25) is 0 Å². The summed E-state index contributed by atoms with van der Waals surface area (Å²) in [5, 5.41) is 0. The molecule has 1 aliphatic carbocycles. The quantitative estimate of drug-likeness (QED) is 0.506. The minimum atomic E-state index is 0.623. The van der Waals surface area contributed by atoms with Crippen molar-refractivity contribution >= 4 is 0 Å². The third-order valence-corrected chi connectivity index (χ3v) is 2.14. The summed E-state index contributed by atoms with van der Waals surface area (Å²) in [6.07, 6.45) is 2.35. The second kappa shape index (κ2) is 2.12. The van der Waals surface area contributed by atoms with Crippen molar-refractivity contribution in [1.82, 2.24) is 0 Å². The van der Waals surface area contributed by atoms with Crippen molar-refractivity contribution in [3.8, 4) is 0 Å². The van der Waals surface area contributed by atoms with Crippen LogP contribution < -0.4 is 0 Å². The number of hydrogen-bond acceptors (Lipinski definition) is 0. The molecule has 0 saturated carbocycles. The highest BCUT2D eigenvalue weighted by molar-refractivity contribution is 5.32. The van der Waals surface area contributed by atoms with Gasteiger partial charge in [-0.1, -0.05) is 24.3 Å². The number of benzene rings is 1. The smallest absolute Gasteiger partial charge is 0.0244 e. The third kappa shape index (κ3) is 0.841. The summed E-state index contributed by atoms with van der Waals surface area (Å²) in [5.41, 5.74) is 3.00. The third-order valence-electron chi connectivity index (χ3n) is 2.14. The minimum Gasteiger partial charge on any atom is -0.0620 e. The van der Waals surface area contributed by atoms with Crippen LogP contribution in [0.25, 0.3) is 0 Å². The molecule has 0 fully saturated rings. The van der Waals surface area contributed by atoms with Crippen molar-refractivity contribution in [1.29, 1.82) is 0 Å². The number of fused-ring (bicyclic) bond motifs is 1. The van der Waals surface area contributed by atoms with E-state index in [1.165, 1.54) is 24.0 Å². The van der Waals surface area contributed by atoms with Crippen LogP contribution in [0.3, 0.4) is 0 Å². The van der Waals surface area contributed by atoms with Crippen LogP contribution in [0, 0.1) is 12.8 Å². The lowest BCUT2D eigenvalue weighted by molar-refractivity contribution is 0.700. The van der Waals surface area contributed by atoms with E-state index in [4.69, 9.17) is 0 Å². The van der Waals surface area contributed by atoms with Crippen LogP contribution in [-0.2, 0) is 12.8 Å². The summed E-state index contributed by atoms with van der Waals surface area (Å²) >= 11 is 0. The molecule has 0 aromatic heterocycles. The Bertz CT molecular complexity index is 213. The molecule has 1 aliphatic rings. The molecule has 0 atom stereocenters. The molecule has 0 heteroatoms. The van der Waals surface area contributed by atoms with Crippen LogP contribution in [0.4, 0.5) is 0 Å². The Balaban J connectivity index is 2.42. The zero-order valence-corrected chi connectivity index (χ0v) is 6.01. The van der Waals surface area contributed by atoms with E-state index < -0.39 is 0 Å². The molecule has 0 nitrogen and oxygen atoms in total. The fraction of sp³-hybridized carbons (Fsp3) is 0.300. The van der Waals surface area contributed by atoms with E-state index >= 15 is 0 Å². The van der Waals surface area contributed by atoms with Crippen molar-refractivity contribution in [3.05, 3.63) is 42.3 Å². The first kappa shape index (κ1) is 5.96. The first-order valence-corrected chi connectivity index (χ1v) is 3.76. The molecule has 0 aliphatic heterocycles. The van der Waals surface area contributed by atoms with Gasteiger partial charge in [0.25, 0.3) is 0 Å². The summed E-state index contributed by atoms with van der Waals surface area (Å²) in [4.78, 5) is 0. The lowest BCUT2D eigenvalue weighted by atomic mass is 10.1. The average molecular weight is 131 g/mol. The summed E-state index contributed by atoms with van der Waals surface area (Å²) in [6, 6.07) is 8.63. The van der Waals surface area contributed by atoms with Gasteiger partial charge < -0.3 is 0 Å². The van der Waals surface area contributed by atoms with Crippen molar-refractivity contribution in [2.45, 2.75) is 12.8 Å². The van der Waals surface area contributed by atoms with Gasteiger partial charge in [0.15, 0.2) is 0 Å². The molecule has 1 aromatic carbocycles. The summed E-state index contributed by atoms with van der Waals surface area (Å²) in [7, 11) is 0. The van der Waals surface area contributed by atoms with Gasteiger partial charge in [-0.2, -0.15) is 0 Å². The minimum absolute atomic E-state index is 0.623. The molecule has 51 valence electrons. The summed E-state index contributed by atoms with van der Waals surface area (Å²) < 4.78 is 0. The van der Waals surface area contributed by atoms with Gasteiger partial charge in [-0.05, 0) is 36.8 Å². The Labute approximate surface area is 61.9 Å². The highest BCUT2D eigenvalue weighted by Gasteiger charge is 2.15. The molecule has 0 unspecified atom stereocenters. The normalized spacial score (nSPS) is 17.3. The van der Waals surface area contributed by atoms with Gasteiger partial charge in [-0.3, -0.25) is 0 Å². The maximum Gasteiger partial charge on any atom is -0.0244 e. The first-order chi connectivity index (χ1) is 4.86. The molecule has 2 rings (SSSR count). The molecule has 1 aromatic rings. The van der Waals surface area contributed by atoms with Gasteiger partial charge in [0.05, 0.1) is 0 Å². The predicted molar refractivity (Wildman–Crippen MR) is 42.7 cm³/mol. The van der Waals surface area contributed by atoms with E-state index in [-0.39, 0.29) is 0 Å².